The lowest BCUT2D eigenvalue weighted by Gasteiger charge is -2.11. The molecule has 1 aromatic heterocycles. The average Bonchev–Trinajstić information content (AvgIpc) is 2.58. The number of phenolic OH excluding ortho intramolecular Hbond substituents is 1. The molecule has 0 amide bonds. The van der Waals surface area contributed by atoms with E-state index in [0.29, 0.717) is 25.7 Å². The highest BCUT2D eigenvalue weighted by atomic mass is 79.9. The highest BCUT2D eigenvalue weighted by Gasteiger charge is 2.13. The molecule has 3 aromatic rings. The summed E-state index contributed by atoms with van der Waals surface area (Å²) in [5.74, 6) is 0.745. The van der Waals surface area contributed by atoms with Crippen molar-refractivity contribution in [1.82, 2.24) is 9.66 Å². The van der Waals surface area contributed by atoms with E-state index in [9.17, 15) is 9.90 Å². The van der Waals surface area contributed by atoms with E-state index in [-0.39, 0.29) is 17.2 Å². The third-order valence-corrected chi connectivity index (χ3v) is 4.87. The SMILES string of the molecule is CC(C)c1nc2ccccc2c(=O)n1/N=C/c1cc(Br)c(O)c(Br)c1. The standard InChI is InChI=1S/C18H15Br2N3O2/c1-10(2)17-22-15-6-4-3-5-12(15)18(25)23(17)21-9-11-7-13(19)16(24)14(20)8-11/h3-10,24H,1-2H3/b21-9+. The molecule has 0 saturated carbocycles. The van der Waals surface area contributed by atoms with Crippen LogP contribution in [0.3, 0.4) is 0 Å². The Kier molecular flexibility index (Phi) is 5.06. The Balaban J connectivity index is 2.16. The van der Waals surface area contributed by atoms with Crippen molar-refractivity contribution in [2.24, 2.45) is 5.10 Å². The van der Waals surface area contributed by atoms with Crippen molar-refractivity contribution in [3.63, 3.8) is 0 Å². The maximum atomic E-state index is 12.8. The van der Waals surface area contributed by atoms with Gasteiger partial charge in [0.05, 0.1) is 26.1 Å². The Hall–Kier alpha value is -1.99. The fourth-order valence-electron chi connectivity index (χ4n) is 2.41. The van der Waals surface area contributed by atoms with E-state index in [4.69, 9.17) is 0 Å². The number of phenols is 1. The summed E-state index contributed by atoms with van der Waals surface area (Å²) in [6, 6.07) is 10.7. The molecule has 2 aromatic carbocycles. The second-order valence-corrected chi connectivity index (χ2v) is 7.55. The first-order chi connectivity index (χ1) is 11.9. The minimum absolute atomic E-state index is 0.0350. The molecular weight excluding hydrogens is 450 g/mol. The number of hydrogen-bond donors (Lipinski definition) is 1. The van der Waals surface area contributed by atoms with E-state index in [1.807, 2.05) is 32.0 Å². The molecule has 0 aliphatic rings. The Morgan fingerprint density at radius 2 is 1.84 bits per heavy atom. The minimum Gasteiger partial charge on any atom is -0.506 e. The lowest BCUT2D eigenvalue weighted by molar-refractivity contribution is 0.468. The third-order valence-electron chi connectivity index (χ3n) is 3.66. The van der Waals surface area contributed by atoms with Gasteiger partial charge in [0.1, 0.15) is 11.6 Å². The maximum Gasteiger partial charge on any atom is 0.282 e. The summed E-state index contributed by atoms with van der Waals surface area (Å²) in [6.07, 6.45) is 1.57. The average molecular weight is 465 g/mol. The van der Waals surface area contributed by atoms with Gasteiger partial charge in [0.25, 0.3) is 5.56 Å². The van der Waals surface area contributed by atoms with Crippen molar-refractivity contribution in [2.75, 3.05) is 0 Å². The number of nitrogens with zero attached hydrogens (tertiary/aromatic N) is 3. The Bertz CT molecular complexity index is 1020. The molecule has 0 saturated heterocycles. The van der Waals surface area contributed by atoms with Gasteiger partial charge >= 0.3 is 0 Å². The molecule has 7 heteroatoms. The number of fused-ring (bicyclic) bond motifs is 1. The zero-order valence-corrected chi connectivity index (χ0v) is 16.7. The van der Waals surface area contributed by atoms with Crippen molar-refractivity contribution in [1.29, 1.82) is 0 Å². The van der Waals surface area contributed by atoms with Crippen molar-refractivity contribution in [2.45, 2.75) is 19.8 Å². The van der Waals surface area contributed by atoms with Crippen LogP contribution in [0.5, 0.6) is 5.75 Å². The summed E-state index contributed by atoms with van der Waals surface area (Å²) >= 11 is 6.57. The highest BCUT2D eigenvalue weighted by Crippen LogP contribution is 2.32. The number of benzene rings is 2. The molecule has 0 bridgehead atoms. The molecule has 0 spiro atoms. The largest absolute Gasteiger partial charge is 0.506 e. The van der Waals surface area contributed by atoms with Gasteiger partial charge in [0, 0.05) is 5.92 Å². The molecule has 128 valence electrons. The van der Waals surface area contributed by atoms with Crippen LogP contribution in [0.2, 0.25) is 0 Å². The fraction of sp³-hybridized carbons (Fsp3) is 0.167. The van der Waals surface area contributed by atoms with Crippen LogP contribution in [0.1, 0.15) is 31.2 Å². The Morgan fingerprint density at radius 3 is 2.48 bits per heavy atom. The van der Waals surface area contributed by atoms with Crippen LogP contribution in [0.25, 0.3) is 10.9 Å². The van der Waals surface area contributed by atoms with Crippen LogP contribution < -0.4 is 5.56 Å². The van der Waals surface area contributed by atoms with Gasteiger partial charge in [0.2, 0.25) is 0 Å². The number of aromatic nitrogens is 2. The summed E-state index contributed by atoms with van der Waals surface area (Å²) in [4.78, 5) is 17.4. The summed E-state index contributed by atoms with van der Waals surface area (Å²) in [6.45, 7) is 3.94. The van der Waals surface area contributed by atoms with Crippen molar-refractivity contribution in [3.05, 3.63) is 67.1 Å². The second kappa shape index (κ2) is 7.09. The predicted octanol–water partition coefficient (Wildman–Crippen LogP) is 4.63. The van der Waals surface area contributed by atoms with Crippen LogP contribution in [0, 0.1) is 0 Å². The summed E-state index contributed by atoms with van der Waals surface area (Å²) in [5, 5.41) is 14.7. The molecule has 0 aliphatic carbocycles. The van der Waals surface area contributed by atoms with E-state index in [1.54, 1.807) is 24.4 Å². The quantitative estimate of drug-likeness (QED) is 0.574. The molecule has 3 rings (SSSR count). The van der Waals surface area contributed by atoms with E-state index in [2.05, 4.69) is 41.9 Å². The van der Waals surface area contributed by atoms with Crippen LogP contribution in [0.15, 0.2) is 55.2 Å². The van der Waals surface area contributed by atoms with Gasteiger partial charge in [-0.3, -0.25) is 4.79 Å². The number of para-hydroxylation sites is 1. The maximum absolute atomic E-state index is 12.8. The summed E-state index contributed by atoms with van der Waals surface area (Å²) < 4.78 is 2.41. The smallest absolute Gasteiger partial charge is 0.282 e. The van der Waals surface area contributed by atoms with E-state index in [0.717, 1.165) is 5.56 Å². The third kappa shape index (κ3) is 3.52. The van der Waals surface area contributed by atoms with Crippen LogP contribution >= 0.6 is 31.9 Å². The molecule has 0 unspecified atom stereocenters. The predicted molar refractivity (Wildman–Crippen MR) is 107 cm³/mol. The molecule has 0 aliphatic heterocycles. The van der Waals surface area contributed by atoms with Gasteiger partial charge in [-0.15, -0.1) is 0 Å². The molecular formula is C18H15Br2N3O2. The monoisotopic (exact) mass is 463 g/mol. The molecule has 0 radical (unpaired) electrons. The zero-order valence-electron chi connectivity index (χ0n) is 13.6. The second-order valence-electron chi connectivity index (χ2n) is 5.84. The molecule has 5 nitrogen and oxygen atoms in total. The van der Waals surface area contributed by atoms with Gasteiger partial charge < -0.3 is 5.11 Å². The van der Waals surface area contributed by atoms with Crippen molar-refractivity contribution >= 4 is 49.0 Å². The first-order valence-corrected chi connectivity index (χ1v) is 9.21. The van der Waals surface area contributed by atoms with Gasteiger partial charge in [-0.2, -0.15) is 9.78 Å². The Morgan fingerprint density at radius 1 is 1.20 bits per heavy atom. The van der Waals surface area contributed by atoms with Crippen molar-refractivity contribution < 1.29 is 5.11 Å². The van der Waals surface area contributed by atoms with Gasteiger partial charge in [0.15, 0.2) is 0 Å². The summed E-state index contributed by atoms with van der Waals surface area (Å²) in [7, 11) is 0. The van der Waals surface area contributed by atoms with Crippen LogP contribution in [0.4, 0.5) is 0 Å². The number of hydrogen-bond acceptors (Lipinski definition) is 4. The molecule has 1 N–H and O–H groups in total. The topological polar surface area (TPSA) is 67.5 Å². The van der Waals surface area contributed by atoms with Crippen molar-refractivity contribution in [3.8, 4) is 5.75 Å². The molecule has 0 atom stereocenters. The van der Waals surface area contributed by atoms with E-state index >= 15 is 0 Å². The molecule has 25 heavy (non-hydrogen) atoms. The molecule has 0 fully saturated rings. The Labute approximate surface area is 161 Å². The minimum atomic E-state index is -0.206. The normalized spacial score (nSPS) is 11.7. The number of halogens is 2. The van der Waals surface area contributed by atoms with Gasteiger partial charge in [-0.25, -0.2) is 4.98 Å². The van der Waals surface area contributed by atoms with Gasteiger partial charge in [-0.05, 0) is 61.7 Å². The first-order valence-electron chi connectivity index (χ1n) is 7.62. The van der Waals surface area contributed by atoms with Crippen LogP contribution in [-0.2, 0) is 0 Å². The van der Waals surface area contributed by atoms with E-state index in [1.165, 1.54) is 4.68 Å². The van der Waals surface area contributed by atoms with E-state index < -0.39 is 0 Å². The number of rotatable bonds is 3. The van der Waals surface area contributed by atoms with Crippen LogP contribution in [-0.4, -0.2) is 21.0 Å². The highest BCUT2D eigenvalue weighted by molar-refractivity contribution is 9.11. The molecule has 1 heterocycles. The first kappa shape index (κ1) is 17.8. The zero-order chi connectivity index (χ0) is 18.1. The van der Waals surface area contributed by atoms with Gasteiger partial charge in [-0.1, -0.05) is 26.0 Å². The fourth-order valence-corrected chi connectivity index (χ4v) is 3.63. The lowest BCUT2D eigenvalue weighted by Crippen LogP contribution is -2.23. The lowest BCUT2D eigenvalue weighted by atomic mass is 10.2. The number of aromatic hydroxyl groups is 1. The summed E-state index contributed by atoms with van der Waals surface area (Å²) in [5.41, 5.74) is 1.19.